The zero-order chi connectivity index (χ0) is 20.4. The predicted molar refractivity (Wildman–Crippen MR) is 105 cm³/mol. The number of phenols is 1. The van der Waals surface area contributed by atoms with E-state index in [0.29, 0.717) is 17.7 Å². The van der Waals surface area contributed by atoms with Crippen molar-refractivity contribution >= 4 is 11.2 Å². The van der Waals surface area contributed by atoms with Gasteiger partial charge in [-0.05, 0) is 31.0 Å². The maximum atomic E-state index is 12.4. The summed E-state index contributed by atoms with van der Waals surface area (Å²) >= 11 is 0. The van der Waals surface area contributed by atoms with E-state index in [0.717, 1.165) is 16.6 Å². The highest BCUT2D eigenvalue weighted by atomic mass is 16.3. The van der Waals surface area contributed by atoms with Crippen LogP contribution >= 0.6 is 0 Å². The van der Waals surface area contributed by atoms with Crippen molar-refractivity contribution in [2.75, 3.05) is 6.54 Å². The molecule has 0 aliphatic rings. The van der Waals surface area contributed by atoms with Gasteiger partial charge in [0.25, 0.3) is 5.56 Å². The number of aliphatic hydroxyl groups excluding tert-OH is 1. The van der Waals surface area contributed by atoms with E-state index in [1.54, 1.807) is 23.7 Å². The molecule has 3 aromatic rings. The molecule has 0 radical (unpaired) electrons. The molecule has 0 spiro atoms. The van der Waals surface area contributed by atoms with Crippen molar-refractivity contribution in [3.05, 3.63) is 57.0 Å². The second-order valence-corrected chi connectivity index (χ2v) is 7.11. The lowest BCUT2D eigenvalue weighted by molar-refractivity contribution is 0.149. The smallest absolute Gasteiger partial charge is 0.332 e. The summed E-state index contributed by atoms with van der Waals surface area (Å²) in [5.41, 5.74) is 0.802. The number of hydrogen-bond acceptors (Lipinski definition) is 6. The first-order valence-electron chi connectivity index (χ1n) is 9.08. The van der Waals surface area contributed by atoms with Gasteiger partial charge in [0, 0.05) is 26.7 Å². The normalized spacial score (nSPS) is 13.7. The molecule has 2 atom stereocenters. The van der Waals surface area contributed by atoms with Crippen molar-refractivity contribution in [2.45, 2.75) is 32.0 Å². The van der Waals surface area contributed by atoms with Crippen molar-refractivity contribution in [2.24, 2.45) is 14.1 Å². The van der Waals surface area contributed by atoms with E-state index in [1.165, 1.54) is 17.9 Å². The van der Waals surface area contributed by atoms with Gasteiger partial charge in [-0.15, -0.1) is 0 Å². The molecule has 0 amide bonds. The van der Waals surface area contributed by atoms with E-state index in [-0.39, 0.29) is 18.3 Å². The summed E-state index contributed by atoms with van der Waals surface area (Å²) < 4.78 is 3.93. The number of aliphatic hydroxyl groups is 1. The Hall–Kier alpha value is -2.91. The molecule has 2 heterocycles. The Bertz CT molecular complexity index is 1080. The molecule has 0 saturated carbocycles. The van der Waals surface area contributed by atoms with Crippen LogP contribution in [-0.2, 0) is 27.1 Å². The largest absolute Gasteiger partial charge is 0.508 e. The Balaban J connectivity index is 1.65. The molecule has 0 saturated heterocycles. The van der Waals surface area contributed by atoms with Gasteiger partial charge in [-0.3, -0.25) is 13.9 Å². The summed E-state index contributed by atoms with van der Waals surface area (Å²) in [5, 5.41) is 23.0. The number of phenolic OH excluding ortho intramolecular Hbond substituents is 1. The van der Waals surface area contributed by atoms with Crippen LogP contribution in [0.4, 0.5) is 0 Å². The third kappa shape index (κ3) is 4.00. The molecule has 3 N–H and O–H groups in total. The van der Waals surface area contributed by atoms with E-state index in [2.05, 4.69) is 10.3 Å². The molecule has 2 aromatic heterocycles. The lowest BCUT2D eigenvalue weighted by Gasteiger charge is -2.18. The summed E-state index contributed by atoms with van der Waals surface area (Å²) in [5.74, 6) is 0.232. The highest BCUT2D eigenvalue weighted by molar-refractivity contribution is 5.69. The summed E-state index contributed by atoms with van der Waals surface area (Å²) in [7, 11) is 2.98. The van der Waals surface area contributed by atoms with Gasteiger partial charge in [0.1, 0.15) is 5.75 Å². The second kappa shape index (κ2) is 7.99. The lowest BCUT2D eigenvalue weighted by atomic mass is 10.1. The first-order chi connectivity index (χ1) is 13.3. The number of aromatic nitrogens is 4. The fraction of sp³-hybridized carbons (Fsp3) is 0.421. The number of imidazole rings is 1. The van der Waals surface area contributed by atoms with Crippen LogP contribution < -0.4 is 16.6 Å². The number of aryl methyl sites for hydroxylation is 1. The van der Waals surface area contributed by atoms with Crippen LogP contribution in [0.1, 0.15) is 12.5 Å². The van der Waals surface area contributed by atoms with Gasteiger partial charge in [0.15, 0.2) is 11.2 Å². The minimum absolute atomic E-state index is 0.118. The number of hydrogen-bond donors (Lipinski definition) is 3. The first-order valence-corrected chi connectivity index (χ1v) is 9.08. The molecule has 1 aromatic carbocycles. The molecule has 9 nitrogen and oxygen atoms in total. The van der Waals surface area contributed by atoms with Gasteiger partial charge in [-0.2, -0.15) is 0 Å². The summed E-state index contributed by atoms with van der Waals surface area (Å²) in [6, 6.07) is 7.14. The summed E-state index contributed by atoms with van der Waals surface area (Å²) in [6.45, 7) is 2.53. The molecule has 28 heavy (non-hydrogen) atoms. The SMILES string of the molecule is CC(Cc1ccc(O)cc1)NCC(O)Cn1cnc2c1c(=O)n(C)c(=O)n2C. The van der Waals surface area contributed by atoms with Gasteiger partial charge in [0.2, 0.25) is 0 Å². The zero-order valence-electron chi connectivity index (χ0n) is 16.2. The maximum absolute atomic E-state index is 12.4. The minimum Gasteiger partial charge on any atom is -0.508 e. The van der Waals surface area contributed by atoms with Crippen molar-refractivity contribution in [1.29, 1.82) is 0 Å². The third-order valence-electron chi connectivity index (χ3n) is 4.80. The fourth-order valence-corrected chi connectivity index (χ4v) is 3.22. The van der Waals surface area contributed by atoms with Crippen LogP contribution in [0.5, 0.6) is 5.75 Å². The molecule has 0 fully saturated rings. The maximum Gasteiger partial charge on any atom is 0.332 e. The number of nitrogens with one attached hydrogen (secondary N) is 1. The molecular formula is C19H25N5O4. The Morgan fingerprint density at radius 3 is 2.50 bits per heavy atom. The van der Waals surface area contributed by atoms with Crippen molar-refractivity contribution < 1.29 is 10.2 Å². The number of rotatable bonds is 7. The topological polar surface area (TPSA) is 114 Å². The highest BCUT2D eigenvalue weighted by Gasteiger charge is 2.16. The summed E-state index contributed by atoms with van der Waals surface area (Å²) in [6.07, 6.45) is 1.49. The van der Waals surface area contributed by atoms with Gasteiger partial charge in [0.05, 0.1) is 19.0 Å². The molecule has 9 heteroatoms. The Morgan fingerprint density at radius 2 is 1.82 bits per heavy atom. The van der Waals surface area contributed by atoms with Crippen LogP contribution in [0.25, 0.3) is 11.2 Å². The quantitative estimate of drug-likeness (QED) is 0.514. The van der Waals surface area contributed by atoms with Crippen molar-refractivity contribution in [3.8, 4) is 5.75 Å². The molecule has 150 valence electrons. The number of fused-ring (bicyclic) bond motifs is 1. The van der Waals surface area contributed by atoms with Crippen molar-refractivity contribution in [3.63, 3.8) is 0 Å². The van der Waals surface area contributed by atoms with Crippen LogP contribution in [0.15, 0.2) is 40.2 Å². The van der Waals surface area contributed by atoms with Gasteiger partial charge in [-0.1, -0.05) is 12.1 Å². The fourth-order valence-electron chi connectivity index (χ4n) is 3.22. The Labute approximate surface area is 161 Å². The Morgan fingerprint density at radius 1 is 1.14 bits per heavy atom. The molecule has 2 unspecified atom stereocenters. The molecule has 0 aliphatic carbocycles. The van der Waals surface area contributed by atoms with E-state index in [1.807, 2.05) is 19.1 Å². The van der Waals surface area contributed by atoms with E-state index >= 15 is 0 Å². The third-order valence-corrected chi connectivity index (χ3v) is 4.80. The molecule has 3 rings (SSSR count). The van der Waals surface area contributed by atoms with Crippen molar-refractivity contribution in [1.82, 2.24) is 24.0 Å². The lowest BCUT2D eigenvalue weighted by Crippen LogP contribution is -2.39. The first kappa shape index (κ1) is 19.8. The number of nitrogens with zero attached hydrogens (tertiary/aromatic N) is 4. The highest BCUT2D eigenvalue weighted by Crippen LogP contribution is 2.11. The second-order valence-electron chi connectivity index (χ2n) is 7.11. The van der Waals surface area contributed by atoms with E-state index < -0.39 is 17.4 Å². The predicted octanol–water partition coefficient (Wildman–Crippen LogP) is -0.279. The average Bonchev–Trinajstić information content (AvgIpc) is 3.08. The van der Waals surface area contributed by atoms with Crippen LogP contribution in [-0.4, -0.2) is 47.6 Å². The molecule has 0 aliphatic heterocycles. The van der Waals surface area contributed by atoms with Gasteiger partial charge >= 0.3 is 5.69 Å². The average molecular weight is 387 g/mol. The monoisotopic (exact) mass is 387 g/mol. The summed E-state index contributed by atoms with van der Waals surface area (Å²) in [4.78, 5) is 28.6. The molecule has 0 bridgehead atoms. The molecular weight excluding hydrogens is 362 g/mol. The number of aromatic hydroxyl groups is 1. The van der Waals surface area contributed by atoms with E-state index in [9.17, 15) is 19.8 Å². The minimum atomic E-state index is -0.735. The standard InChI is InChI=1S/C19H25N5O4/c1-12(8-13-4-6-14(25)7-5-13)20-9-15(26)10-24-11-21-17-16(24)18(27)23(3)19(28)22(17)2/h4-7,11-12,15,20,25-26H,8-10H2,1-3H3. The van der Waals surface area contributed by atoms with Crippen LogP contribution in [0.3, 0.4) is 0 Å². The van der Waals surface area contributed by atoms with E-state index in [4.69, 9.17) is 0 Å². The van der Waals surface area contributed by atoms with Gasteiger partial charge < -0.3 is 20.1 Å². The van der Waals surface area contributed by atoms with Crippen LogP contribution in [0, 0.1) is 0 Å². The van der Waals surface area contributed by atoms with Gasteiger partial charge in [-0.25, -0.2) is 9.78 Å². The zero-order valence-corrected chi connectivity index (χ0v) is 16.2. The van der Waals surface area contributed by atoms with Crippen LogP contribution in [0.2, 0.25) is 0 Å². The number of benzene rings is 1. The Kier molecular flexibility index (Phi) is 5.66.